The normalized spacial score (nSPS) is 8.80. The van der Waals surface area contributed by atoms with Gasteiger partial charge in [0.05, 0.1) is 7.11 Å². The maximum absolute atomic E-state index is 5.08. The third-order valence-corrected chi connectivity index (χ3v) is 2.00. The van der Waals surface area contributed by atoms with Crippen LogP contribution in [0, 0.1) is 0 Å². The Kier molecular flexibility index (Phi) is 7.43. The van der Waals surface area contributed by atoms with E-state index in [9.17, 15) is 0 Å². The van der Waals surface area contributed by atoms with Crippen molar-refractivity contribution in [3.8, 4) is 5.75 Å². The van der Waals surface area contributed by atoms with Crippen LogP contribution in [0.1, 0.15) is 32.8 Å². The Bertz CT molecular complexity index is 272. The Morgan fingerprint density at radius 2 is 1.73 bits per heavy atom. The first-order valence-corrected chi connectivity index (χ1v) is 5.49. The molecule has 0 radical (unpaired) electrons. The number of hydrogen-bond donors (Lipinski definition) is 0. The van der Waals surface area contributed by atoms with Gasteiger partial charge in [0.15, 0.2) is 0 Å². The highest BCUT2D eigenvalue weighted by atomic mass is 16.5. The van der Waals surface area contributed by atoms with Crippen LogP contribution in [0.3, 0.4) is 0 Å². The number of aryl methyl sites for hydroxylation is 1. The summed E-state index contributed by atoms with van der Waals surface area (Å²) in [5.74, 6) is 0.916. The highest BCUT2D eigenvalue weighted by molar-refractivity contribution is 5.27. The largest absolute Gasteiger partial charge is 0.497 e. The molecule has 0 heterocycles. The summed E-state index contributed by atoms with van der Waals surface area (Å²) in [5, 5.41) is 0. The lowest BCUT2D eigenvalue weighted by Crippen LogP contribution is -1.87. The van der Waals surface area contributed by atoms with E-state index in [0.717, 1.165) is 18.6 Å². The second kappa shape index (κ2) is 8.10. The van der Waals surface area contributed by atoms with Crippen molar-refractivity contribution in [2.24, 2.45) is 0 Å². The van der Waals surface area contributed by atoms with Crippen LogP contribution in [0.2, 0.25) is 0 Å². The van der Waals surface area contributed by atoms with Crippen LogP contribution in [0.25, 0.3) is 0 Å². The van der Waals surface area contributed by atoms with Crippen molar-refractivity contribution in [3.63, 3.8) is 0 Å². The monoisotopic (exact) mass is 206 g/mol. The van der Waals surface area contributed by atoms with Gasteiger partial charge in [-0.25, -0.2) is 0 Å². The fraction of sp³-hybridized carbons (Fsp3) is 0.429. The van der Waals surface area contributed by atoms with Crippen LogP contribution in [0.15, 0.2) is 36.4 Å². The van der Waals surface area contributed by atoms with Crippen LogP contribution in [0.4, 0.5) is 0 Å². The lowest BCUT2D eigenvalue weighted by atomic mass is 10.1. The first-order valence-electron chi connectivity index (χ1n) is 5.49. The summed E-state index contributed by atoms with van der Waals surface area (Å²) in [5.41, 5.74) is 2.57. The van der Waals surface area contributed by atoms with Gasteiger partial charge >= 0.3 is 0 Å². The van der Waals surface area contributed by atoms with Crippen molar-refractivity contribution in [3.05, 3.63) is 42.0 Å². The lowest BCUT2D eigenvalue weighted by molar-refractivity contribution is 0.414. The fourth-order valence-corrected chi connectivity index (χ4v) is 1.15. The summed E-state index contributed by atoms with van der Waals surface area (Å²) in [4.78, 5) is 0. The molecule has 1 aromatic carbocycles. The predicted molar refractivity (Wildman–Crippen MR) is 67.5 cm³/mol. The molecule has 1 rings (SSSR count). The van der Waals surface area contributed by atoms with Crippen molar-refractivity contribution in [2.45, 2.75) is 33.6 Å². The van der Waals surface area contributed by atoms with Gasteiger partial charge in [0, 0.05) is 0 Å². The molecule has 1 heteroatoms. The quantitative estimate of drug-likeness (QED) is 0.670. The molecule has 0 aliphatic carbocycles. The molecular formula is C14H22O. The molecule has 0 aliphatic heterocycles. The summed E-state index contributed by atoms with van der Waals surface area (Å²) in [7, 11) is 1.68. The minimum atomic E-state index is 0.916. The lowest BCUT2D eigenvalue weighted by Gasteiger charge is -2.02. The van der Waals surface area contributed by atoms with Gasteiger partial charge in [-0.05, 0) is 37.5 Å². The topological polar surface area (TPSA) is 9.23 Å². The maximum Gasteiger partial charge on any atom is 0.118 e. The Morgan fingerprint density at radius 1 is 1.20 bits per heavy atom. The number of hydrogen-bond acceptors (Lipinski definition) is 1. The van der Waals surface area contributed by atoms with E-state index >= 15 is 0 Å². The zero-order chi connectivity index (χ0) is 11.7. The van der Waals surface area contributed by atoms with Crippen molar-refractivity contribution >= 4 is 0 Å². The van der Waals surface area contributed by atoms with Crippen LogP contribution in [-0.4, -0.2) is 7.11 Å². The average Bonchev–Trinajstić information content (AvgIpc) is 2.30. The van der Waals surface area contributed by atoms with Crippen molar-refractivity contribution < 1.29 is 4.74 Å². The molecule has 0 atom stereocenters. The highest BCUT2D eigenvalue weighted by Gasteiger charge is 1.94. The van der Waals surface area contributed by atoms with E-state index in [4.69, 9.17) is 4.74 Å². The van der Waals surface area contributed by atoms with Gasteiger partial charge in [0.25, 0.3) is 0 Å². The first kappa shape index (κ1) is 13.8. The molecule has 0 aromatic heterocycles. The van der Waals surface area contributed by atoms with Crippen molar-refractivity contribution in [2.75, 3.05) is 7.11 Å². The highest BCUT2D eigenvalue weighted by Crippen LogP contribution is 2.13. The smallest absolute Gasteiger partial charge is 0.118 e. The van der Waals surface area contributed by atoms with Gasteiger partial charge < -0.3 is 4.74 Å². The zero-order valence-corrected chi connectivity index (χ0v) is 10.3. The van der Waals surface area contributed by atoms with Gasteiger partial charge in [0.1, 0.15) is 5.75 Å². The van der Waals surface area contributed by atoms with E-state index in [0.29, 0.717) is 0 Å². The Morgan fingerprint density at radius 3 is 2.13 bits per heavy atom. The van der Waals surface area contributed by atoms with Gasteiger partial charge in [-0.3, -0.25) is 0 Å². The summed E-state index contributed by atoms with van der Waals surface area (Å²) >= 11 is 0. The summed E-state index contributed by atoms with van der Waals surface area (Å²) < 4.78 is 5.08. The summed E-state index contributed by atoms with van der Waals surface area (Å²) in [6, 6.07) is 8.19. The van der Waals surface area contributed by atoms with Crippen molar-refractivity contribution in [1.29, 1.82) is 0 Å². The van der Waals surface area contributed by atoms with E-state index in [2.05, 4.69) is 25.6 Å². The summed E-state index contributed by atoms with van der Waals surface area (Å²) in [6.45, 7) is 9.94. The van der Waals surface area contributed by atoms with E-state index in [1.165, 1.54) is 11.1 Å². The van der Waals surface area contributed by atoms with Gasteiger partial charge in [-0.1, -0.05) is 31.6 Å². The predicted octanol–water partition coefficient (Wildman–Crippen LogP) is 4.23. The molecule has 0 spiro atoms. The molecule has 0 fully saturated rings. The standard InChI is InChI=1S/C12H16O.C2H6/c1-10(2)4-5-11-6-8-12(13-3)9-7-11;1-2/h6-9H,1,4-5H2,2-3H3;1-2H3. The third-order valence-electron chi connectivity index (χ3n) is 2.00. The number of methoxy groups -OCH3 is 1. The molecule has 0 saturated carbocycles. The van der Waals surface area contributed by atoms with Crippen LogP contribution < -0.4 is 4.74 Å². The maximum atomic E-state index is 5.08. The first-order chi connectivity index (χ1) is 7.22. The van der Waals surface area contributed by atoms with E-state index in [-0.39, 0.29) is 0 Å². The van der Waals surface area contributed by atoms with E-state index < -0.39 is 0 Å². The number of benzene rings is 1. The van der Waals surface area contributed by atoms with Gasteiger partial charge in [-0.2, -0.15) is 0 Å². The second-order valence-electron chi connectivity index (χ2n) is 3.31. The average molecular weight is 206 g/mol. The van der Waals surface area contributed by atoms with Crippen LogP contribution in [0.5, 0.6) is 5.75 Å². The molecule has 0 bridgehead atoms. The number of allylic oxidation sites excluding steroid dienone is 1. The summed E-state index contributed by atoms with van der Waals surface area (Å²) in [6.07, 6.45) is 2.13. The number of rotatable bonds is 4. The van der Waals surface area contributed by atoms with Crippen LogP contribution >= 0.6 is 0 Å². The molecule has 0 saturated heterocycles. The van der Waals surface area contributed by atoms with Gasteiger partial charge in [0.2, 0.25) is 0 Å². The molecule has 84 valence electrons. The molecule has 1 aromatic rings. The number of ether oxygens (including phenoxy) is 1. The van der Waals surface area contributed by atoms with Crippen LogP contribution in [-0.2, 0) is 6.42 Å². The molecule has 15 heavy (non-hydrogen) atoms. The van der Waals surface area contributed by atoms with E-state index in [1.54, 1.807) is 7.11 Å². The second-order valence-corrected chi connectivity index (χ2v) is 3.31. The Balaban J connectivity index is 0.000000921. The van der Waals surface area contributed by atoms with E-state index in [1.807, 2.05) is 26.0 Å². The minimum Gasteiger partial charge on any atom is -0.497 e. The Labute approximate surface area is 93.8 Å². The molecular weight excluding hydrogens is 184 g/mol. The molecule has 0 amide bonds. The minimum absolute atomic E-state index is 0.916. The fourth-order valence-electron chi connectivity index (χ4n) is 1.15. The van der Waals surface area contributed by atoms with Crippen molar-refractivity contribution in [1.82, 2.24) is 0 Å². The SMILES string of the molecule is C=C(C)CCc1ccc(OC)cc1.CC. The Hall–Kier alpha value is -1.24. The zero-order valence-electron chi connectivity index (χ0n) is 10.3. The third kappa shape index (κ3) is 5.95. The molecule has 1 nitrogen and oxygen atoms in total. The molecule has 0 N–H and O–H groups in total. The molecule has 0 unspecified atom stereocenters. The van der Waals surface area contributed by atoms with Gasteiger partial charge in [-0.15, -0.1) is 6.58 Å². The molecule has 0 aliphatic rings.